The number of ether oxygens (including phenoxy) is 2. The second-order valence-corrected chi connectivity index (χ2v) is 15.2. The number of esters is 1. The Labute approximate surface area is 270 Å². The summed E-state index contributed by atoms with van der Waals surface area (Å²) in [6, 6.07) is 4.47. The van der Waals surface area contributed by atoms with E-state index in [9.17, 15) is 26.8 Å². The lowest BCUT2D eigenvalue weighted by molar-refractivity contribution is -0.157. The van der Waals surface area contributed by atoms with Gasteiger partial charge < -0.3 is 25.0 Å². The number of nitrogens with zero attached hydrogens (tertiary/aromatic N) is 4. The van der Waals surface area contributed by atoms with Gasteiger partial charge in [0.1, 0.15) is 21.8 Å². The highest BCUT2D eigenvalue weighted by molar-refractivity contribution is 7.97. The van der Waals surface area contributed by atoms with Crippen LogP contribution in [0.25, 0.3) is 10.8 Å². The number of allylic oxidation sites excluding steroid dienone is 1. The van der Waals surface area contributed by atoms with Gasteiger partial charge >= 0.3 is 5.97 Å². The molecule has 0 bridgehead atoms. The fourth-order valence-corrected chi connectivity index (χ4v) is 8.39. The largest absolute Gasteiger partial charge is 0.496 e. The number of halogens is 2. The normalized spacial score (nSPS) is 18.8. The number of likely N-dealkylation sites (tertiary alicyclic amines) is 1. The molecule has 15 heteroatoms. The van der Waals surface area contributed by atoms with Gasteiger partial charge in [0.2, 0.25) is 15.7 Å². The molecular weight excluding hydrogens is 641 g/mol. The van der Waals surface area contributed by atoms with E-state index < -0.39 is 46.3 Å². The molecular formula is C31H37F2N5O6S2. The maximum Gasteiger partial charge on any atom is 0.329 e. The Bertz CT molecular complexity index is 1760. The SMILES string of the molecule is C=C(CC[C@H]1CCN([C@H](Cc2cc3ccnc(N)c3cc2OC)C(=O)OC(C)C)C1=O)S(=O)(=O)c1cnc(N2CCC(F)(F)C2)s1. The molecule has 2 aromatic heterocycles. The fourth-order valence-electron chi connectivity index (χ4n) is 5.83. The Morgan fingerprint density at radius 3 is 2.70 bits per heavy atom. The lowest BCUT2D eigenvalue weighted by atomic mass is 9.99. The Balaban J connectivity index is 1.29. The van der Waals surface area contributed by atoms with Crippen molar-refractivity contribution in [3.05, 3.63) is 47.6 Å². The molecule has 2 atom stereocenters. The van der Waals surface area contributed by atoms with E-state index in [0.717, 1.165) is 22.9 Å². The number of nitrogen functional groups attached to an aromatic ring is 1. The van der Waals surface area contributed by atoms with Crippen LogP contribution in [0.5, 0.6) is 5.75 Å². The molecule has 2 N–H and O–H groups in total. The summed E-state index contributed by atoms with van der Waals surface area (Å²) in [5, 5.41) is 1.72. The molecule has 4 heterocycles. The predicted octanol–water partition coefficient (Wildman–Crippen LogP) is 4.61. The Hall–Kier alpha value is -3.85. The van der Waals surface area contributed by atoms with Crippen LogP contribution in [0.3, 0.4) is 0 Å². The molecule has 3 aromatic rings. The molecule has 5 rings (SSSR count). The molecule has 2 fully saturated rings. The van der Waals surface area contributed by atoms with E-state index in [4.69, 9.17) is 15.2 Å². The number of hydrogen-bond donors (Lipinski definition) is 1. The van der Waals surface area contributed by atoms with Crippen LogP contribution in [0.2, 0.25) is 0 Å². The van der Waals surface area contributed by atoms with E-state index in [1.165, 1.54) is 16.9 Å². The third-order valence-electron chi connectivity index (χ3n) is 8.29. The Morgan fingerprint density at radius 2 is 2.02 bits per heavy atom. The number of thiazole rings is 1. The lowest BCUT2D eigenvalue weighted by Crippen LogP contribution is -2.46. The van der Waals surface area contributed by atoms with Crippen molar-refractivity contribution in [2.45, 2.75) is 68.2 Å². The number of nitrogens with two attached hydrogens (primary N) is 1. The molecule has 0 spiro atoms. The van der Waals surface area contributed by atoms with Gasteiger partial charge in [0.05, 0.1) is 26.0 Å². The molecule has 1 aromatic carbocycles. The maximum absolute atomic E-state index is 13.7. The summed E-state index contributed by atoms with van der Waals surface area (Å²) in [5.41, 5.74) is 6.73. The average Bonchev–Trinajstić information content (AvgIpc) is 3.73. The number of hydrogen-bond acceptors (Lipinski definition) is 11. The second-order valence-electron chi connectivity index (χ2n) is 11.9. The molecule has 1 amide bonds. The summed E-state index contributed by atoms with van der Waals surface area (Å²) in [4.78, 5) is 38.0. The molecule has 0 radical (unpaired) electrons. The highest BCUT2D eigenvalue weighted by Gasteiger charge is 2.41. The van der Waals surface area contributed by atoms with Crippen LogP contribution in [-0.2, 0) is 30.6 Å². The van der Waals surface area contributed by atoms with Crippen LogP contribution in [0.1, 0.15) is 45.1 Å². The third kappa shape index (κ3) is 6.94. The van der Waals surface area contributed by atoms with Gasteiger partial charge in [-0.2, -0.15) is 0 Å². The predicted molar refractivity (Wildman–Crippen MR) is 171 cm³/mol. The number of carbonyl (C=O) groups is 2. The van der Waals surface area contributed by atoms with Crippen molar-refractivity contribution in [1.29, 1.82) is 0 Å². The molecule has 0 aliphatic carbocycles. The van der Waals surface area contributed by atoms with Crippen molar-refractivity contribution in [3.63, 3.8) is 0 Å². The van der Waals surface area contributed by atoms with E-state index in [2.05, 4.69) is 16.5 Å². The number of alkyl halides is 2. The van der Waals surface area contributed by atoms with Crippen LogP contribution >= 0.6 is 11.3 Å². The van der Waals surface area contributed by atoms with Crippen LogP contribution < -0.4 is 15.4 Å². The number of amides is 1. The molecule has 0 saturated carbocycles. The summed E-state index contributed by atoms with van der Waals surface area (Å²) in [5.74, 6) is -3.37. The minimum atomic E-state index is -3.99. The number of methoxy groups -OCH3 is 1. The number of aromatic nitrogens is 2. The fraction of sp³-hybridized carbons (Fsp3) is 0.484. The number of pyridine rings is 1. The van der Waals surface area contributed by atoms with E-state index >= 15 is 0 Å². The van der Waals surface area contributed by atoms with E-state index in [1.54, 1.807) is 32.2 Å². The van der Waals surface area contributed by atoms with Gasteiger partial charge in [0.25, 0.3) is 5.92 Å². The van der Waals surface area contributed by atoms with Gasteiger partial charge in [0, 0.05) is 48.3 Å². The quantitative estimate of drug-likeness (QED) is 0.270. The minimum absolute atomic E-state index is 0.0106. The highest BCUT2D eigenvalue weighted by Crippen LogP contribution is 2.37. The second kappa shape index (κ2) is 13.1. The Morgan fingerprint density at radius 1 is 1.26 bits per heavy atom. The first-order chi connectivity index (χ1) is 21.7. The first-order valence-electron chi connectivity index (χ1n) is 14.9. The van der Waals surface area contributed by atoms with Crippen molar-refractivity contribution in [2.24, 2.45) is 5.92 Å². The summed E-state index contributed by atoms with van der Waals surface area (Å²) in [7, 11) is -2.48. The number of anilines is 2. The van der Waals surface area contributed by atoms with Crippen LogP contribution in [0, 0.1) is 5.92 Å². The van der Waals surface area contributed by atoms with Crippen molar-refractivity contribution in [3.8, 4) is 5.75 Å². The van der Waals surface area contributed by atoms with Gasteiger partial charge in [-0.3, -0.25) is 4.79 Å². The van der Waals surface area contributed by atoms with Gasteiger partial charge in [-0.25, -0.2) is 32.0 Å². The molecule has 2 saturated heterocycles. The molecule has 248 valence electrons. The van der Waals surface area contributed by atoms with Gasteiger partial charge in [0.15, 0.2) is 5.13 Å². The molecule has 11 nitrogen and oxygen atoms in total. The Kier molecular flexibility index (Phi) is 9.55. The number of benzene rings is 1. The number of rotatable bonds is 12. The maximum atomic E-state index is 13.7. The standard InChI is InChI=1S/C31H37F2N5O6S2/c1-18(2)44-29(40)24(14-22-13-21-7-10-35-27(34)23(21)15-25(22)43-4)38-11-8-20(28(38)39)6-5-19(3)46(41,42)26-16-36-30(45-26)37-12-9-31(32,33)17-37/h7,10,13,15-16,18,20,24H,3,5-6,8-9,11-12,14,17H2,1-2,4H3,(H2,34,35)/t20-,24+/m0/s1. The van der Waals surface area contributed by atoms with Gasteiger partial charge in [-0.15, -0.1) is 0 Å². The highest BCUT2D eigenvalue weighted by atomic mass is 32.2. The van der Waals surface area contributed by atoms with Crippen molar-refractivity contribution in [1.82, 2.24) is 14.9 Å². The topological polar surface area (TPSA) is 145 Å². The van der Waals surface area contributed by atoms with Crippen LogP contribution in [-0.4, -0.2) is 80.0 Å². The third-order valence-corrected chi connectivity index (χ3v) is 11.6. The van der Waals surface area contributed by atoms with Crippen molar-refractivity contribution in [2.75, 3.05) is 37.4 Å². The van der Waals surface area contributed by atoms with E-state index in [0.29, 0.717) is 28.9 Å². The van der Waals surface area contributed by atoms with E-state index in [-0.39, 0.29) is 58.9 Å². The van der Waals surface area contributed by atoms with Crippen molar-refractivity contribution < 1.29 is 36.3 Å². The monoisotopic (exact) mass is 677 g/mol. The van der Waals surface area contributed by atoms with Crippen molar-refractivity contribution >= 4 is 54.8 Å². The first kappa shape index (κ1) is 33.5. The van der Waals surface area contributed by atoms with Crippen LogP contribution in [0.4, 0.5) is 19.7 Å². The number of carbonyl (C=O) groups excluding carboxylic acids is 2. The van der Waals surface area contributed by atoms with Crippen LogP contribution in [0.15, 0.2) is 46.3 Å². The smallest absolute Gasteiger partial charge is 0.329 e. The summed E-state index contributed by atoms with van der Waals surface area (Å²) >= 11 is 0.828. The molecule has 2 aliphatic heterocycles. The number of fused-ring (bicyclic) bond motifs is 1. The van der Waals surface area contributed by atoms with Gasteiger partial charge in [-0.1, -0.05) is 17.9 Å². The zero-order valence-corrected chi connectivity index (χ0v) is 27.5. The zero-order chi connectivity index (χ0) is 33.4. The summed E-state index contributed by atoms with van der Waals surface area (Å²) < 4.78 is 64.9. The molecule has 0 unspecified atom stereocenters. The first-order valence-corrected chi connectivity index (χ1v) is 17.2. The summed E-state index contributed by atoms with van der Waals surface area (Å²) in [6.45, 7) is 7.10. The summed E-state index contributed by atoms with van der Waals surface area (Å²) in [6.07, 6.45) is 2.79. The average molecular weight is 678 g/mol. The van der Waals surface area contributed by atoms with Gasteiger partial charge in [-0.05, 0) is 62.3 Å². The molecule has 46 heavy (non-hydrogen) atoms. The minimum Gasteiger partial charge on any atom is -0.496 e. The molecule has 2 aliphatic rings. The number of sulfone groups is 1. The zero-order valence-electron chi connectivity index (χ0n) is 25.9. The van der Waals surface area contributed by atoms with E-state index in [1.807, 2.05) is 6.07 Å². The lowest BCUT2D eigenvalue weighted by Gasteiger charge is -2.28.